The Morgan fingerprint density at radius 2 is 1.28 bits per heavy atom. The lowest BCUT2D eigenvalue weighted by molar-refractivity contribution is -0.117. The molecule has 0 aliphatic heterocycles. The Morgan fingerprint density at radius 3 is 1.81 bits per heavy atom. The summed E-state index contributed by atoms with van der Waals surface area (Å²) >= 11 is 0. The fourth-order valence-electron chi connectivity index (χ4n) is 9.17. The largest absolute Gasteiger partial charge is 0.462 e. The van der Waals surface area contributed by atoms with Crippen LogP contribution in [0.15, 0.2) is 174 Å². The van der Waals surface area contributed by atoms with Gasteiger partial charge in [0, 0.05) is 48.8 Å². The van der Waals surface area contributed by atoms with Gasteiger partial charge in [0.25, 0.3) is 0 Å². The summed E-state index contributed by atoms with van der Waals surface area (Å²) in [6.07, 6.45) is 40.1. The maximum absolute atomic E-state index is 11.5. The van der Waals surface area contributed by atoms with Crippen LogP contribution >= 0.6 is 0 Å². The molecule has 10 heteroatoms. The maximum atomic E-state index is 11.5. The smallest absolute Gasteiger partial charge is 0.185 e. The molecule has 1 heterocycles. The second kappa shape index (κ2) is 50.1. The molecular weight excluding hydrogens is 1110 g/mol. The van der Waals surface area contributed by atoms with Gasteiger partial charge in [-0.25, -0.2) is 0 Å². The number of hydrogen-bond donors (Lipinski definition) is 0. The molecule has 0 saturated heterocycles. The number of rotatable bonds is 20. The number of allylic oxidation sites excluding steroid dienone is 9. The van der Waals surface area contributed by atoms with E-state index in [0.29, 0.717) is 42.4 Å². The highest BCUT2D eigenvalue weighted by Gasteiger charge is 2.34. The van der Waals surface area contributed by atoms with Crippen molar-refractivity contribution in [1.29, 1.82) is 0 Å². The molecule has 0 spiro atoms. The number of Topliss-reactive ketones (excluding diaryl/α,β-unsaturated/α-hetero) is 4. The molecule has 0 fully saturated rings. The van der Waals surface area contributed by atoms with E-state index in [4.69, 9.17) is 0 Å². The number of aldehydes is 5. The monoisotopic (exact) mass is 1210 g/mol. The zero-order valence-electron chi connectivity index (χ0n) is 55.8. The second-order valence-corrected chi connectivity index (χ2v) is 23.6. The number of unbranched alkanes of at least 4 members (excludes halogenated alkanes) is 8. The van der Waals surface area contributed by atoms with Gasteiger partial charge in [0.15, 0.2) is 29.4 Å². The Labute approximate surface area is 534 Å². The average Bonchev–Trinajstić information content (AvgIpc) is 4.19. The number of ketones is 4. The number of fused-ring (bicyclic) bond motifs is 2. The van der Waals surface area contributed by atoms with Crippen molar-refractivity contribution >= 4 is 65.3 Å². The topological polar surface area (TPSA) is 167 Å². The van der Waals surface area contributed by atoms with Gasteiger partial charge < -0.3 is 18.8 Å². The van der Waals surface area contributed by atoms with Crippen molar-refractivity contribution in [2.45, 2.75) is 205 Å². The Bertz CT molecular complexity index is 2960. The highest BCUT2D eigenvalue weighted by Crippen LogP contribution is 2.44. The molecule has 3 aliphatic carbocycles. The molecule has 0 saturated carbocycles. The Morgan fingerprint density at radius 1 is 0.640 bits per heavy atom. The standard InChI is InChI=1S/C12H10O.C11H12O.2C10H16O.C9H14O.C8H8O.C8H16O.C6H10O.C5H4O2/c1-9(13)11-7-6-10-4-2-3-5-12(10)8-11;12-11-8-4-2-6-9-5-1-3-7-10(9)11;1-8-4-5-9(6-7-11)10(8,2)3;1-2-3-4-5-6-7-8-9-10-11;1-7-6-9(2,3)5-4-8(7)10;1-7-2-4-8(6-9)5-3-7;1-2-3-4-5-6-7-8-9;1-3-4-5-6(2)7;6-4-5-2-1-3-7-5/h2-8H,1H3;1,3,5,7H,2,4,6,8H2;4,7,9H,5-6H2,1-3H3;6-10H,2-5H2,1H3;6H,4-5H2,1-3H3;2-6H,1H3;8H,2-7H2,1H3;3H,1,4-5H2,2H3;1-4H/b;;;7-6+,9-8+;;;;;/t;;9-;;;;;;/m..1....../s1. The minimum Gasteiger partial charge on any atom is -0.462 e. The van der Waals surface area contributed by atoms with Crippen molar-refractivity contribution < 1.29 is 47.6 Å². The predicted molar refractivity (Wildman–Crippen MR) is 369 cm³/mol. The van der Waals surface area contributed by atoms with Gasteiger partial charge in [-0.05, 0) is 155 Å². The minimum atomic E-state index is 0.116. The van der Waals surface area contributed by atoms with Crippen molar-refractivity contribution in [3.63, 3.8) is 0 Å². The molecule has 482 valence electrons. The SMILES string of the molecule is C=CCCC(C)=O.CC(=O)c1ccc2ccccc2c1.CC1=CC(C)(C)CCC1=O.CC1=CC[C@H](CC=O)C1(C)C.CCCCC/C=C/C=C/C=O.CCCCCCCC=O.Cc1ccc(C=O)cc1.O=C1CCCCc2ccccc21.O=Cc1ccco1. The van der Waals surface area contributed by atoms with E-state index < -0.39 is 0 Å². The summed E-state index contributed by atoms with van der Waals surface area (Å²) in [7, 11) is 0. The van der Waals surface area contributed by atoms with Gasteiger partial charge >= 0.3 is 0 Å². The summed E-state index contributed by atoms with van der Waals surface area (Å²) in [4.78, 5) is 93.6. The first-order chi connectivity index (χ1) is 42.6. The highest BCUT2D eigenvalue weighted by atomic mass is 16.3. The van der Waals surface area contributed by atoms with Crippen LogP contribution in [0.25, 0.3) is 10.8 Å². The van der Waals surface area contributed by atoms with Crippen LogP contribution in [0.5, 0.6) is 0 Å². The van der Waals surface area contributed by atoms with Crippen molar-refractivity contribution in [2.24, 2.45) is 16.7 Å². The van der Waals surface area contributed by atoms with Crippen molar-refractivity contribution in [3.8, 4) is 0 Å². The van der Waals surface area contributed by atoms with Crippen molar-refractivity contribution in [3.05, 3.63) is 203 Å². The molecule has 0 N–H and O–H groups in total. The molecule has 4 aromatic carbocycles. The van der Waals surface area contributed by atoms with E-state index in [-0.39, 0.29) is 22.4 Å². The summed E-state index contributed by atoms with van der Waals surface area (Å²) in [5, 5.41) is 2.29. The lowest BCUT2D eigenvalue weighted by Crippen LogP contribution is -2.20. The molecule has 0 bridgehead atoms. The van der Waals surface area contributed by atoms with Crippen molar-refractivity contribution in [1.82, 2.24) is 0 Å². The summed E-state index contributed by atoms with van der Waals surface area (Å²) in [5.74, 6) is 1.91. The number of carbonyl (C=O) groups is 9. The van der Waals surface area contributed by atoms with E-state index in [1.807, 2.05) is 105 Å². The molecule has 0 radical (unpaired) electrons. The fourth-order valence-corrected chi connectivity index (χ4v) is 9.17. The molecular formula is C79H106O10. The van der Waals surface area contributed by atoms with Gasteiger partial charge in [0.1, 0.15) is 30.9 Å². The number of carbonyl (C=O) groups excluding carboxylic acids is 9. The number of benzene rings is 4. The number of furan rings is 1. The van der Waals surface area contributed by atoms with E-state index in [2.05, 4.69) is 83.8 Å². The molecule has 0 unspecified atom stereocenters. The Kier molecular flexibility index (Phi) is 45.6. The third-order valence-corrected chi connectivity index (χ3v) is 15.2. The van der Waals surface area contributed by atoms with Gasteiger partial charge in [0.2, 0.25) is 0 Å². The summed E-state index contributed by atoms with van der Waals surface area (Å²) in [6, 6.07) is 32.5. The molecule has 1 atom stereocenters. The van der Waals surface area contributed by atoms with Crippen LogP contribution in [0.4, 0.5) is 0 Å². The minimum absolute atomic E-state index is 0.116. The first-order valence-corrected chi connectivity index (χ1v) is 31.9. The summed E-state index contributed by atoms with van der Waals surface area (Å²) < 4.78 is 4.61. The van der Waals surface area contributed by atoms with Gasteiger partial charge in [-0.2, -0.15) is 0 Å². The van der Waals surface area contributed by atoms with Gasteiger partial charge in [-0.3, -0.25) is 28.8 Å². The lowest BCUT2D eigenvalue weighted by atomic mass is 9.76. The van der Waals surface area contributed by atoms with Crippen LogP contribution in [0.3, 0.4) is 0 Å². The van der Waals surface area contributed by atoms with E-state index in [9.17, 15) is 43.2 Å². The molecule has 8 rings (SSSR count). The summed E-state index contributed by atoms with van der Waals surface area (Å²) in [5.41, 5.74) is 7.76. The van der Waals surface area contributed by atoms with Crippen molar-refractivity contribution in [2.75, 3.05) is 0 Å². The van der Waals surface area contributed by atoms with E-state index >= 15 is 0 Å². The van der Waals surface area contributed by atoms with Crippen LogP contribution < -0.4 is 0 Å². The normalized spacial score (nSPS) is 14.6. The summed E-state index contributed by atoms with van der Waals surface area (Å²) in [6.45, 7) is 25.9. The van der Waals surface area contributed by atoms with E-state index in [1.54, 1.807) is 38.1 Å². The quantitative estimate of drug-likeness (QED) is 0.0139. The first-order valence-electron chi connectivity index (χ1n) is 31.9. The van der Waals surface area contributed by atoms with Crippen LogP contribution in [0.2, 0.25) is 0 Å². The van der Waals surface area contributed by atoms with Crippen LogP contribution in [-0.4, -0.2) is 54.6 Å². The number of hydrogen-bond acceptors (Lipinski definition) is 10. The average molecular weight is 1220 g/mol. The molecule has 5 aromatic rings. The van der Waals surface area contributed by atoms with E-state index in [0.717, 1.165) is 123 Å². The Balaban J connectivity index is 0.000000986. The van der Waals surface area contributed by atoms with E-state index in [1.165, 1.54) is 79.4 Å². The molecule has 10 nitrogen and oxygen atoms in total. The van der Waals surface area contributed by atoms with Gasteiger partial charge in [-0.15, -0.1) is 6.58 Å². The van der Waals surface area contributed by atoms with Crippen LogP contribution in [0, 0.1) is 23.7 Å². The molecule has 1 aromatic heterocycles. The first kappa shape index (κ1) is 81.2. The highest BCUT2D eigenvalue weighted by molar-refractivity contribution is 5.99. The van der Waals surface area contributed by atoms with Crippen LogP contribution in [-0.2, 0) is 30.4 Å². The maximum Gasteiger partial charge on any atom is 0.185 e. The molecule has 0 amide bonds. The zero-order chi connectivity index (χ0) is 66.7. The zero-order valence-corrected chi connectivity index (χ0v) is 55.8. The van der Waals surface area contributed by atoms with Gasteiger partial charge in [0.05, 0.1) is 6.26 Å². The molecule has 3 aliphatic rings. The fraction of sp³-hybridized carbons (Fsp3) is 0.430. The second-order valence-electron chi connectivity index (χ2n) is 23.6. The number of aryl methyl sites for hydroxylation is 2. The third kappa shape index (κ3) is 38.9. The lowest BCUT2D eigenvalue weighted by Gasteiger charge is -2.28. The Hall–Kier alpha value is -7.85. The van der Waals surface area contributed by atoms with Gasteiger partial charge in [-0.1, -0.05) is 213 Å². The predicted octanol–water partition coefficient (Wildman–Crippen LogP) is 20.4. The molecule has 89 heavy (non-hydrogen) atoms. The van der Waals surface area contributed by atoms with Crippen LogP contribution in [0.1, 0.15) is 244 Å². The third-order valence-electron chi connectivity index (χ3n) is 15.2.